The Morgan fingerprint density at radius 2 is 0.902 bits per heavy atom. The lowest BCUT2D eigenvalue weighted by Gasteiger charge is -2.64. The summed E-state index contributed by atoms with van der Waals surface area (Å²) in [5.41, 5.74) is -4.74. The number of allylic oxidation sites excluding steroid dienone is 2. The van der Waals surface area contributed by atoms with Gasteiger partial charge in [0.05, 0.1) is 8.96 Å². The molecule has 0 heterocycles. The van der Waals surface area contributed by atoms with Crippen molar-refractivity contribution in [3.05, 3.63) is 66.9 Å². The highest BCUT2D eigenvalue weighted by Crippen LogP contribution is 2.66. The summed E-state index contributed by atoms with van der Waals surface area (Å²) < 4.78 is 63.0. The molecule has 0 saturated carbocycles. The van der Waals surface area contributed by atoms with Crippen LogP contribution in [0.4, 0.5) is 9.59 Å². The summed E-state index contributed by atoms with van der Waals surface area (Å²) in [5, 5.41) is 0. The Bertz CT molecular complexity index is 1290. The zero-order valence-electron chi connectivity index (χ0n) is 30.3. The Morgan fingerprint density at radius 3 is 1.16 bits per heavy atom. The molecule has 12 nitrogen and oxygen atoms in total. The van der Waals surface area contributed by atoms with Crippen LogP contribution in [-0.4, -0.2) is 87.9 Å². The molecule has 0 radical (unpaired) electrons. The number of halogens is 4. The van der Waals surface area contributed by atoms with E-state index < -0.39 is 40.5 Å². The van der Waals surface area contributed by atoms with Gasteiger partial charge in [0, 0.05) is 45.1 Å². The molecule has 2 rings (SSSR count). The average molecular weight is 980 g/mol. The van der Waals surface area contributed by atoms with Gasteiger partial charge in [-0.05, 0) is 117 Å². The Morgan fingerprint density at radius 1 is 0.608 bits per heavy atom. The summed E-state index contributed by atoms with van der Waals surface area (Å²) in [6.07, 6.45) is 4.30. The van der Waals surface area contributed by atoms with Crippen molar-refractivity contribution < 1.29 is 57.0 Å². The summed E-state index contributed by atoms with van der Waals surface area (Å²) in [5.74, 6) is -3.65. The van der Waals surface area contributed by atoms with E-state index in [2.05, 4.69) is 76.9 Å². The molecular formula is C35H48Br4O12. The number of carbonyl (C=O) groups excluding carboxylic acids is 2. The van der Waals surface area contributed by atoms with Crippen LogP contribution in [0.2, 0.25) is 0 Å². The second-order valence-corrected chi connectivity index (χ2v) is 14.4. The van der Waals surface area contributed by atoms with Crippen molar-refractivity contribution in [3.63, 3.8) is 0 Å². The van der Waals surface area contributed by atoms with E-state index in [1.165, 1.54) is 12.2 Å². The van der Waals surface area contributed by atoms with Crippen LogP contribution in [0.3, 0.4) is 0 Å². The average Bonchev–Trinajstić information content (AvgIpc) is 3.08. The van der Waals surface area contributed by atoms with Crippen LogP contribution in [0, 0.1) is 5.41 Å². The van der Waals surface area contributed by atoms with E-state index in [1.54, 1.807) is 39.8 Å². The molecule has 0 spiro atoms. The van der Waals surface area contributed by atoms with Gasteiger partial charge in [0.1, 0.15) is 22.2 Å². The normalized spacial score (nSPS) is 22.9. The lowest BCUT2D eigenvalue weighted by Crippen LogP contribution is -2.78. The van der Waals surface area contributed by atoms with Crippen molar-refractivity contribution in [3.8, 4) is 0 Å². The molecule has 0 amide bonds. The van der Waals surface area contributed by atoms with Gasteiger partial charge < -0.3 is 47.4 Å². The number of hydrogen-bond acceptors (Lipinski definition) is 12. The first-order chi connectivity index (χ1) is 24.1. The first kappa shape index (κ1) is 45.8. The van der Waals surface area contributed by atoms with Gasteiger partial charge in [0.2, 0.25) is 11.6 Å². The maximum Gasteiger partial charge on any atom is 0.514 e. The highest BCUT2D eigenvalue weighted by molar-refractivity contribution is 9.12. The van der Waals surface area contributed by atoms with Gasteiger partial charge >= 0.3 is 12.3 Å². The van der Waals surface area contributed by atoms with Crippen LogP contribution in [0.25, 0.3) is 0 Å². The Labute approximate surface area is 334 Å². The predicted octanol–water partition coefficient (Wildman–Crippen LogP) is 9.58. The molecule has 2 aliphatic rings. The molecule has 0 aromatic carbocycles. The zero-order chi connectivity index (χ0) is 38.7. The first-order valence-electron chi connectivity index (χ1n) is 16.5. The van der Waals surface area contributed by atoms with E-state index >= 15 is 0 Å². The standard InChI is InChI=1S/C35H48Br4O12/c1-11-19-42-29(40)50-25-23(36)21-32(44-13-3,34(27(25)38,46-15-5)47-16-6)31(9,10)33(45-14-4)22-24(37)26(51-30(41)43-20-12-2)28(39)35(33,48-17-7)49-18-8/h11-12,21-22H,1-2,13-20H2,3-10H3. The Balaban J connectivity index is 3.20. The van der Waals surface area contributed by atoms with E-state index in [0.29, 0.717) is 8.96 Å². The molecule has 2 atom stereocenters. The molecule has 51 heavy (non-hydrogen) atoms. The van der Waals surface area contributed by atoms with E-state index in [-0.39, 0.29) is 73.3 Å². The van der Waals surface area contributed by atoms with Crippen molar-refractivity contribution in [1.82, 2.24) is 0 Å². The minimum atomic E-state index is -1.85. The molecule has 16 heteroatoms. The monoisotopic (exact) mass is 976 g/mol. The van der Waals surface area contributed by atoms with Gasteiger partial charge in [0.15, 0.2) is 22.7 Å². The second kappa shape index (κ2) is 19.8. The van der Waals surface area contributed by atoms with Crippen LogP contribution in [0.5, 0.6) is 0 Å². The minimum absolute atomic E-state index is 0.0265. The molecule has 0 aliphatic heterocycles. The molecule has 2 unspecified atom stereocenters. The predicted molar refractivity (Wildman–Crippen MR) is 206 cm³/mol. The molecule has 0 aromatic rings. The maximum absolute atomic E-state index is 12.8. The zero-order valence-corrected chi connectivity index (χ0v) is 36.6. The molecule has 0 bridgehead atoms. The molecule has 0 N–H and O–H groups in total. The van der Waals surface area contributed by atoms with Crippen molar-refractivity contribution in [1.29, 1.82) is 0 Å². The quantitative estimate of drug-likeness (QED) is 0.0655. The van der Waals surface area contributed by atoms with E-state index in [0.717, 1.165) is 0 Å². The van der Waals surface area contributed by atoms with Crippen molar-refractivity contribution in [2.45, 2.75) is 78.2 Å². The van der Waals surface area contributed by atoms with E-state index in [1.807, 2.05) is 27.7 Å². The fourth-order valence-corrected chi connectivity index (χ4v) is 9.68. The third-order valence-corrected chi connectivity index (χ3v) is 11.0. The largest absolute Gasteiger partial charge is 0.514 e. The first-order valence-corrected chi connectivity index (χ1v) is 19.6. The van der Waals surface area contributed by atoms with Crippen molar-refractivity contribution >= 4 is 76.0 Å². The van der Waals surface area contributed by atoms with E-state index in [4.69, 9.17) is 47.4 Å². The smallest absolute Gasteiger partial charge is 0.430 e. The summed E-state index contributed by atoms with van der Waals surface area (Å²) >= 11 is 14.7. The Kier molecular flexibility index (Phi) is 17.8. The summed E-state index contributed by atoms with van der Waals surface area (Å²) in [4.78, 5) is 25.6. The third kappa shape index (κ3) is 8.35. The van der Waals surface area contributed by atoms with Gasteiger partial charge in [-0.3, -0.25) is 0 Å². The van der Waals surface area contributed by atoms with Gasteiger partial charge in [-0.15, -0.1) is 0 Å². The summed E-state index contributed by atoms with van der Waals surface area (Å²) in [7, 11) is 0. The van der Waals surface area contributed by atoms with Crippen LogP contribution in [-0.2, 0) is 47.4 Å². The van der Waals surface area contributed by atoms with Crippen LogP contribution in [0.15, 0.2) is 66.9 Å². The second-order valence-electron chi connectivity index (χ2n) is 11.1. The van der Waals surface area contributed by atoms with Crippen LogP contribution >= 0.6 is 63.7 Å². The van der Waals surface area contributed by atoms with Crippen LogP contribution < -0.4 is 0 Å². The molecule has 2 aliphatic carbocycles. The highest BCUT2D eigenvalue weighted by atomic mass is 79.9. The highest BCUT2D eigenvalue weighted by Gasteiger charge is 2.77. The molecule has 288 valence electrons. The fraction of sp³-hybridized carbons (Fsp3) is 0.600. The van der Waals surface area contributed by atoms with Gasteiger partial charge in [-0.2, -0.15) is 0 Å². The van der Waals surface area contributed by atoms with Gasteiger partial charge in [-0.1, -0.05) is 39.2 Å². The lowest BCUT2D eigenvalue weighted by atomic mass is 9.55. The lowest BCUT2D eigenvalue weighted by molar-refractivity contribution is -0.376. The summed E-state index contributed by atoms with van der Waals surface area (Å²) in [6.45, 7) is 22.4. The van der Waals surface area contributed by atoms with Gasteiger partial charge in [-0.25, -0.2) is 9.59 Å². The number of hydrogen-bond donors (Lipinski definition) is 0. The molecule has 0 saturated heterocycles. The third-order valence-electron chi connectivity index (χ3n) is 8.05. The maximum atomic E-state index is 12.8. The number of rotatable bonds is 20. The van der Waals surface area contributed by atoms with Crippen molar-refractivity contribution in [2.75, 3.05) is 52.9 Å². The summed E-state index contributed by atoms with van der Waals surface area (Å²) in [6, 6.07) is 0. The molecule has 0 aromatic heterocycles. The topological polar surface area (TPSA) is 126 Å². The van der Waals surface area contributed by atoms with E-state index in [9.17, 15) is 9.59 Å². The SMILES string of the molecule is C=CCOC(=O)OC1=C(Br)C(OCC)(OCC)C(OCC)(C(C)(C)C2(OCC)C=C(Br)C(OC(=O)OCC=C)=C(Br)C2(OCC)OCC)C=C1Br. The minimum Gasteiger partial charge on any atom is -0.430 e. The Hall–Kier alpha value is -1.34. The van der Waals surface area contributed by atoms with Gasteiger partial charge in [0.25, 0.3) is 0 Å². The molecule has 0 fully saturated rings. The fourth-order valence-electron chi connectivity index (χ4n) is 6.31. The van der Waals surface area contributed by atoms with Crippen molar-refractivity contribution in [2.24, 2.45) is 5.41 Å². The van der Waals surface area contributed by atoms with Crippen LogP contribution in [0.1, 0.15) is 55.4 Å². The number of carbonyl (C=O) groups is 2. The molecular weight excluding hydrogens is 932 g/mol. The number of ether oxygens (including phenoxy) is 10.